The van der Waals surface area contributed by atoms with Crippen LogP contribution in [0.25, 0.3) is 0 Å². The van der Waals surface area contributed by atoms with Crippen LogP contribution in [0.1, 0.15) is 13.8 Å². The molecule has 15 heavy (non-hydrogen) atoms. The van der Waals surface area contributed by atoms with Crippen molar-refractivity contribution in [1.29, 1.82) is 0 Å². The van der Waals surface area contributed by atoms with E-state index in [1.807, 2.05) is 17.9 Å². The average molecular weight is 208 g/mol. The highest BCUT2D eigenvalue weighted by atomic mass is 15.3. The maximum atomic E-state index is 4.21. The maximum Gasteiger partial charge on any atom is 0.0753 e. The molecule has 0 spiro atoms. The van der Waals surface area contributed by atoms with E-state index in [2.05, 4.69) is 34.9 Å². The van der Waals surface area contributed by atoms with Gasteiger partial charge >= 0.3 is 0 Å². The van der Waals surface area contributed by atoms with Gasteiger partial charge in [-0.05, 0) is 13.8 Å². The molecule has 0 N–H and O–H groups in total. The van der Waals surface area contributed by atoms with Gasteiger partial charge in [0.15, 0.2) is 0 Å². The van der Waals surface area contributed by atoms with Gasteiger partial charge in [-0.1, -0.05) is 0 Å². The van der Waals surface area contributed by atoms with Crippen LogP contribution in [0.4, 0.5) is 5.69 Å². The van der Waals surface area contributed by atoms with E-state index in [-0.39, 0.29) is 0 Å². The lowest BCUT2D eigenvalue weighted by Crippen LogP contribution is -2.48. The van der Waals surface area contributed by atoms with Gasteiger partial charge < -0.3 is 4.90 Å². The van der Waals surface area contributed by atoms with Crippen LogP contribution in [0, 0.1) is 0 Å². The molecule has 0 unspecified atom stereocenters. The van der Waals surface area contributed by atoms with Crippen LogP contribution in [-0.4, -0.2) is 46.9 Å². The van der Waals surface area contributed by atoms with Gasteiger partial charge in [-0.15, -0.1) is 0 Å². The molecule has 1 saturated heterocycles. The summed E-state index contributed by atoms with van der Waals surface area (Å²) >= 11 is 0. The lowest BCUT2D eigenvalue weighted by atomic mass is 10.2. The predicted molar refractivity (Wildman–Crippen MR) is 62.1 cm³/mol. The maximum absolute atomic E-state index is 4.21. The van der Waals surface area contributed by atoms with Crippen molar-refractivity contribution in [2.75, 3.05) is 31.1 Å². The first-order valence-electron chi connectivity index (χ1n) is 5.64. The van der Waals surface area contributed by atoms with E-state index in [1.54, 1.807) is 0 Å². The molecule has 0 radical (unpaired) electrons. The lowest BCUT2D eigenvalue weighted by molar-refractivity contribution is 0.209. The SMILES string of the molecule is CC(C)N1CCN(c2cnn(C)c2)CC1. The largest absolute Gasteiger partial charge is 0.366 e. The van der Waals surface area contributed by atoms with Gasteiger partial charge in [0.25, 0.3) is 0 Å². The van der Waals surface area contributed by atoms with E-state index < -0.39 is 0 Å². The van der Waals surface area contributed by atoms with Crippen LogP contribution in [0.15, 0.2) is 12.4 Å². The van der Waals surface area contributed by atoms with E-state index in [9.17, 15) is 0 Å². The minimum atomic E-state index is 0.668. The zero-order valence-corrected chi connectivity index (χ0v) is 9.85. The van der Waals surface area contributed by atoms with Crippen LogP contribution in [-0.2, 0) is 7.05 Å². The summed E-state index contributed by atoms with van der Waals surface area (Å²) in [7, 11) is 1.97. The molecule has 2 rings (SSSR count). The van der Waals surface area contributed by atoms with Crippen molar-refractivity contribution in [3.05, 3.63) is 12.4 Å². The highest BCUT2D eigenvalue weighted by Crippen LogP contribution is 2.15. The fraction of sp³-hybridized carbons (Fsp3) is 0.727. The molecular weight excluding hydrogens is 188 g/mol. The molecule has 1 aromatic heterocycles. The van der Waals surface area contributed by atoms with Gasteiger partial charge in [-0.25, -0.2) is 0 Å². The normalized spacial score (nSPS) is 18.8. The molecule has 4 nitrogen and oxygen atoms in total. The Labute approximate surface area is 91.5 Å². The highest BCUT2D eigenvalue weighted by molar-refractivity contribution is 5.42. The summed E-state index contributed by atoms with van der Waals surface area (Å²) in [5.41, 5.74) is 1.25. The fourth-order valence-corrected chi connectivity index (χ4v) is 2.07. The molecule has 0 atom stereocenters. The van der Waals surface area contributed by atoms with Gasteiger partial charge in [0.2, 0.25) is 0 Å². The zero-order chi connectivity index (χ0) is 10.8. The quantitative estimate of drug-likeness (QED) is 0.723. The minimum absolute atomic E-state index is 0.668. The van der Waals surface area contributed by atoms with Crippen molar-refractivity contribution in [2.45, 2.75) is 19.9 Å². The molecule has 2 heterocycles. The predicted octanol–water partition coefficient (Wildman–Crippen LogP) is 0.950. The molecule has 1 aliphatic rings. The average Bonchev–Trinajstić information content (AvgIpc) is 2.65. The number of nitrogens with zero attached hydrogens (tertiary/aromatic N) is 4. The van der Waals surface area contributed by atoms with Crippen molar-refractivity contribution >= 4 is 5.69 Å². The summed E-state index contributed by atoms with van der Waals surface area (Å²) in [6.07, 6.45) is 4.04. The van der Waals surface area contributed by atoms with Gasteiger partial charge in [-0.3, -0.25) is 9.58 Å². The molecule has 0 aromatic carbocycles. The summed E-state index contributed by atoms with van der Waals surface area (Å²) in [6, 6.07) is 0.668. The molecule has 0 bridgehead atoms. The Balaban J connectivity index is 1.93. The van der Waals surface area contributed by atoms with Gasteiger partial charge in [-0.2, -0.15) is 5.10 Å². The van der Waals surface area contributed by atoms with E-state index in [0.717, 1.165) is 26.2 Å². The monoisotopic (exact) mass is 208 g/mol. The molecule has 84 valence electrons. The van der Waals surface area contributed by atoms with Crippen LogP contribution < -0.4 is 4.90 Å². The fourth-order valence-electron chi connectivity index (χ4n) is 2.07. The molecule has 4 heteroatoms. The molecule has 1 aromatic rings. The second-order valence-corrected chi connectivity index (χ2v) is 4.49. The second-order valence-electron chi connectivity index (χ2n) is 4.49. The number of aryl methyl sites for hydroxylation is 1. The Morgan fingerprint density at radius 1 is 1.20 bits per heavy atom. The van der Waals surface area contributed by atoms with Crippen LogP contribution in [0.3, 0.4) is 0 Å². The number of piperazine rings is 1. The molecule has 0 saturated carbocycles. The smallest absolute Gasteiger partial charge is 0.0753 e. The Bertz CT molecular complexity index is 310. The summed E-state index contributed by atoms with van der Waals surface area (Å²) < 4.78 is 1.87. The lowest BCUT2D eigenvalue weighted by Gasteiger charge is -2.37. The number of aromatic nitrogens is 2. The van der Waals surface area contributed by atoms with E-state index in [0.29, 0.717) is 6.04 Å². The van der Waals surface area contributed by atoms with Gasteiger partial charge in [0, 0.05) is 45.5 Å². The molecular formula is C11H20N4. The number of hydrogen-bond donors (Lipinski definition) is 0. The third-order valence-electron chi connectivity index (χ3n) is 3.10. The first-order valence-corrected chi connectivity index (χ1v) is 5.64. The third-order valence-corrected chi connectivity index (χ3v) is 3.10. The third kappa shape index (κ3) is 2.31. The summed E-state index contributed by atoms with van der Waals surface area (Å²) in [5.74, 6) is 0. The second kappa shape index (κ2) is 4.23. The molecule has 1 fully saturated rings. The topological polar surface area (TPSA) is 24.3 Å². The van der Waals surface area contributed by atoms with Gasteiger partial charge in [0.05, 0.1) is 11.9 Å². The van der Waals surface area contributed by atoms with Crippen molar-refractivity contribution in [1.82, 2.24) is 14.7 Å². The van der Waals surface area contributed by atoms with E-state index >= 15 is 0 Å². The summed E-state index contributed by atoms with van der Waals surface area (Å²) in [6.45, 7) is 9.08. The standard InChI is InChI=1S/C11H20N4/c1-10(2)14-4-6-15(7-5-14)11-8-12-13(3)9-11/h8-10H,4-7H2,1-3H3. The first-order chi connectivity index (χ1) is 7.16. The van der Waals surface area contributed by atoms with E-state index in [4.69, 9.17) is 0 Å². The summed E-state index contributed by atoms with van der Waals surface area (Å²) in [5, 5.41) is 4.21. The van der Waals surface area contributed by atoms with Crippen LogP contribution >= 0.6 is 0 Å². The first kappa shape index (κ1) is 10.5. The molecule has 0 amide bonds. The van der Waals surface area contributed by atoms with Crippen LogP contribution in [0.5, 0.6) is 0 Å². The summed E-state index contributed by atoms with van der Waals surface area (Å²) in [4.78, 5) is 4.93. The van der Waals surface area contributed by atoms with Crippen LogP contribution in [0.2, 0.25) is 0 Å². The van der Waals surface area contributed by atoms with Crippen molar-refractivity contribution in [3.8, 4) is 0 Å². The Morgan fingerprint density at radius 2 is 1.87 bits per heavy atom. The Hall–Kier alpha value is -1.03. The Morgan fingerprint density at radius 3 is 2.33 bits per heavy atom. The van der Waals surface area contributed by atoms with Crippen molar-refractivity contribution in [3.63, 3.8) is 0 Å². The van der Waals surface area contributed by atoms with Crippen molar-refractivity contribution in [2.24, 2.45) is 7.05 Å². The molecule has 0 aliphatic carbocycles. The Kier molecular flexibility index (Phi) is 2.95. The van der Waals surface area contributed by atoms with Gasteiger partial charge in [0.1, 0.15) is 0 Å². The highest BCUT2D eigenvalue weighted by Gasteiger charge is 2.19. The number of rotatable bonds is 2. The zero-order valence-electron chi connectivity index (χ0n) is 9.85. The minimum Gasteiger partial charge on any atom is -0.366 e. The number of hydrogen-bond acceptors (Lipinski definition) is 3. The van der Waals surface area contributed by atoms with E-state index in [1.165, 1.54) is 5.69 Å². The van der Waals surface area contributed by atoms with Crippen molar-refractivity contribution < 1.29 is 0 Å². The molecule has 1 aliphatic heterocycles. The number of anilines is 1.